The number of aromatic hydroxyl groups is 1. The Morgan fingerprint density at radius 2 is 1.78 bits per heavy atom. The van der Waals surface area contributed by atoms with Crippen LogP contribution in [0.5, 0.6) is 5.75 Å². The molecular weight excluding hydrogens is 478 g/mol. The molecule has 3 amide bonds. The SMILES string of the molecule is CCC(C)C(N)C(=O)NC(Cc1ccc(O)cc1)C(=O)N1CCCC1C(=O)NC(CCCCN)C(=O)O. The number of aliphatic carboxylic acids is 1. The number of benzene rings is 1. The van der Waals surface area contributed by atoms with Crippen LogP contribution in [0.2, 0.25) is 0 Å². The van der Waals surface area contributed by atoms with Crippen molar-refractivity contribution in [3.8, 4) is 5.75 Å². The summed E-state index contributed by atoms with van der Waals surface area (Å²) in [5.41, 5.74) is 12.3. The Morgan fingerprint density at radius 3 is 2.38 bits per heavy atom. The molecule has 1 aromatic carbocycles. The molecule has 11 nitrogen and oxygen atoms in total. The van der Waals surface area contributed by atoms with E-state index < -0.39 is 47.9 Å². The molecule has 8 N–H and O–H groups in total. The Kier molecular flexibility index (Phi) is 11.8. The third kappa shape index (κ3) is 8.71. The van der Waals surface area contributed by atoms with Crippen LogP contribution in [-0.2, 0) is 25.6 Å². The van der Waals surface area contributed by atoms with Gasteiger partial charge in [0.2, 0.25) is 17.7 Å². The molecule has 1 aliphatic rings. The number of nitrogens with zero attached hydrogens (tertiary/aromatic N) is 1. The molecule has 0 bridgehead atoms. The van der Waals surface area contributed by atoms with E-state index in [1.807, 2.05) is 13.8 Å². The molecular formula is C26H41N5O6. The van der Waals surface area contributed by atoms with E-state index in [2.05, 4.69) is 10.6 Å². The third-order valence-electron chi connectivity index (χ3n) is 6.95. The number of unbranched alkanes of at least 4 members (excludes halogenated alkanes) is 1. The highest BCUT2D eigenvalue weighted by Gasteiger charge is 2.39. The quantitative estimate of drug-likeness (QED) is 0.191. The first-order chi connectivity index (χ1) is 17.6. The van der Waals surface area contributed by atoms with Gasteiger partial charge in [-0.2, -0.15) is 0 Å². The van der Waals surface area contributed by atoms with Crippen molar-refractivity contribution in [3.63, 3.8) is 0 Å². The Balaban J connectivity index is 2.21. The highest BCUT2D eigenvalue weighted by molar-refractivity contribution is 5.94. The summed E-state index contributed by atoms with van der Waals surface area (Å²) in [5.74, 6) is -2.59. The van der Waals surface area contributed by atoms with Crippen molar-refractivity contribution in [1.82, 2.24) is 15.5 Å². The van der Waals surface area contributed by atoms with Crippen LogP contribution in [0.1, 0.15) is 57.9 Å². The Morgan fingerprint density at radius 1 is 1.11 bits per heavy atom. The molecule has 5 unspecified atom stereocenters. The predicted octanol–water partition coefficient (Wildman–Crippen LogP) is 0.482. The number of carbonyl (C=O) groups excluding carboxylic acids is 3. The molecule has 206 valence electrons. The fourth-order valence-corrected chi connectivity index (χ4v) is 4.37. The number of amides is 3. The maximum atomic E-state index is 13.7. The molecule has 1 heterocycles. The molecule has 0 spiro atoms. The second-order valence-corrected chi connectivity index (χ2v) is 9.72. The van der Waals surface area contributed by atoms with Crippen LogP contribution >= 0.6 is 0 Å². The number of carboxylic acid groups (broad SMARTS) is 1. The van der Waals surface area contributed by atoms with E-state index in [-0.39, 0.29) is 24.5 Å². The van der Waals surface area contributed by atoms with Crippen molar-refractivity contribution < 1.29 is 29.4 Å². The van der Waals surface area contributed by atoms with Gasteiger partial charge in [-0.05, 0) is 62.3 Å². The van der Waals surface area contributed by atoms with Crippen molar-refractivity contribution in [3.05, 3.63) is 29.8 Å². The number of carboxylic acids is 1. The normalized spacial score (nSPS) is 18.5. The van der Waals surface area contributed by atoms with E-state index in [9.17, 15) is 29.4 Å². The average Bonchev–Trinajstić information content (AvgIpc) is 3.37. The largest absolute Gasteiger partial charge is 0.508 e. The summed E-state index contributed by atoms with van der Waals surface area (Å²) in [6, 6.07) is 2.60. The fraction of sp³-hybridized carbons (Fsp3) is 0.615. The van der Waals surface area contributed by atoms with E-state index in [0.29, 0.717) is 50.8 Å². The molecule has 1 aliphatic heterocycles. The van der Waals surface area contributed by atoms with Gasteiger partial charge in [-0.25, -0.2) is 4.79 Å². The summed E-state index contributed by atoms with van der Waals surface area (Å²) in [5, 5.41) is 24.5. The lowest BCUT2D eigenvalue weighted by Crippen LogP contribution is -2.57. The monoisotopic (exact) mass is 519 g/mol. The molecule has 1 aromatic rings. The van der Waals surface area contributed by atoms with Gasteiger partial charge in [0, 0.05) is 13.0 Å². The highest BCUT2D eigenvalue weighted by atomic mass is 16.4. The topological polar surface area (TPSA) is 188 Å². The van der Waals surface area contributed by atoms with Gasteiger partial charge in [0.15, 0.2) is 0 Å². The molecule has 0 aliphatic carbocycles. The molecule has 0 aromatic heterocycles. The van der Waals surface area contributed by atoms with Gasteiger partial charge < -0.3 is 37.2 Å². The maximum Gasteiger partial charge on any atom is 0.326 e. The number of rotatable bonds is 14. The third-order valence-corrected chi connectivity index (χ3v) is 6.95. The van der Waals surface area contributed by atoms with Gasteiger partial charge in [0.05, 0.1) is 6.04 Å². The lowest BCUT2D eigenvalue weighted by atomic mass is 9.98. The Labute approximate surface area is 217 Å². The van der Waals surface area contributed by atoms with Gasteiger partial charge in [-0.3, -0.25) is 14.4 Å². The van der Waals surface area contributed by atoms with Crippen LogP contribution in [0.15, 0.2) is 24.3 Å². The van der Waals surface area contributed by atoms with E-state index in [1.165, 1.54) is 17.0 Å². The fourth-order valence-electron chi connectivity index (χ4n) is 4.37. The van der Waals surface area contributed by atoms with Crippen molar-refractivity contribution in [2.45, 2.75) is 83.0 Å². The molecule has 11 heteroatoms. The summed E-state index contributed by atoms with van der Waals surface area (Å²) >= 11 is 0. The molecule has 0 radical (unpaired) electrons. The predicted molar refractivity (Wildman–Crippen MR) is 138 cm³/mol. The first kappa shape index (κ1) is 30.0. The minimum Gasteiger partial charge on any atom is -0.508 e. The summed E-state index contributed by atoms with van der Waals surface area (Å²) in [7, 11) is 0. The van der Waals surface area contributed by atoms with Crippen molar-refractivity contribution in [2.75, 3.05) is 13.1 Å². The zero-order chi connectivity index (χ0) is 27.5. The average molecular weight is 520 g/mol. The highest BCUT2D eigenvalue weighted by Crippen LogP contribution is 2.21. The van der Waals surface area contributed by atoms with E-state index in [0.717, 1.165) is 0 Å². The number of hydrogen-bond acceptors (Lipinski definition) is 7. The van der Waals surface area contributed by atoms with Crippen molar-refractivity contribution >= 4 is 23.7 Å². The summed E-state index contributed by atoms with van der Waals surface area (Å²) in [4.78, 5) is 52.7. The molecule has 5 atom stereocenters. The minimum absolute atomic E-state index is 0.0742. The minimum atomic E-state index is -1.14. The van der Waals surface area contributed by atoms with E-state index >= 15 is 0 Å². The van der Waals surface area contributed by atoms with Crippen molar-refractivity contribution in [1.29, 1.82) is 0 Å². The second kappa shape index (κ2) is 14.5. The van der Waals surface area contributed by atoms with Crippen molar-refractivity contribution in [2.24, 2.45) is 17.4 Å². The Hall–Kier alpha value is -3.18. The molecule has 1 saturated heterocycles. The van der Waals surface area contributed by atoms with E-state index in [1.54, 1.807) is 12.1 Å². The number of likely N-dealkylation sites (tertiary alicyclic amines) is 1. The first-order valence-corrected chi connectivity index (χ1v) is 13.0. The number of nitrogens with two attached hydrogens (primary N) is 2. The maximum absolute atomic E-state index is 13.7. The van der Waals surface area contributed by atoms with Crippen LogP contribution < -0.4 is 22.1 Å². The lowest BCUT2D eigenvalue weighted by molar-refractivity contribution is -0.145. The number of carbonyl (C=O) groups is 4. The molecule has 1 fully saturated rings. The number of phenolic OH excluding ortho intramolecular Hbond substituents is 1. The second-order valence-electron chi connectivity index (χ2n) is 9.72. The van der Waals surface area contributed by atoms with Crippen LogP contribution in [0.4, 0.5) is 0 Å². The lowest BCUT2D eigenvalue weighted by Gasteiger charge is -2.30. The number of phenols is 1. The number of nitrogens with one attached hydrogen (secondary N) is 2. The number of hydrogen-bond donors (Lipinski definition) is 6. The van der Waals surface area contributed by atoms with Gasteiger partial charge in [-0.15, -0.1) is 0 Å². The summed E-state index contributed by atoms with van der Waals surface area (Å²) in [6.07, 6.45) is 3.23. The zero-order valence-electron chi connectivity index (χ0n) is 21.7. The summed E-state index contributed by atoms with van der Waals surface area (Å²) in [6.45, 7) is 4.51. The van der Waals surface area contributed by atoms with Gasteiger partial charge in [0.1, 0.15) is 23.9 Å². The standard InChI is InChI=1S/C26H41N5O6/c1-3-16(2)22(28)24(34)30-20(15-17-9-11-18(32)12-10-17)25(35)31-14-6-8-21(31)23(33)29-19(26(36)37)7-4-5-13-27/h9-12,16,19-22,32H,3-8,13-15,27-28H2,1-2H3,(H,29,33)(H,30,34)(H,36,37). The first-order valence-electron chi connectivity index (χ1n) is 13.0. The van der Waals surface area contributed by atoms with Crippen LogP contribution in [-0.4, -0.2) is 76.1 Å². The van der Waals surface area contributed by atoms with Crippen LogP contribution in [0.3, 0.4) is 0 Å². The van der Waals surface area contributed by atoms with Gasteiger partial charge in [-0.1, -0.05) is 32.4 Å². The molecule has 0 saturated carbocycles. The zero-order valence-corrected chi connectivity index (χ0v) is 21.7. The Bertz CT molecular complexity index is 925. The van der Waals surface area contributed by atoms with E-state index in [4.69, 9.17) is 11.5 Å². The van der Waals surface area contributed by atoms with Gasteiger partial charge in [0.25, 0.3) is 0 Å². The smallest absolute Gasteiger partial charge is 0.326 e. The van der Waals surface area contributed by atoms with Crippen LogP contribution in [0, 0.1) is 5.92 Å². The summed E-state index contributed by atoms with van der Waals surface area (Å²) < 4.78 is 0. The van der Waals surface area contributed by atoms with Gasteiger partial charge >= 0.3 is 5.97 Å². The molecule has 37 heavy (non-hydrogen) atoms. The molecule has 2 rings (SSSR count). The van der Waals surface area contributed by atoms with Crippen LogP contribution in [0.25, 0.3) is 0 Å².